The number of carbonyl (C=O) groups is 2. The molecule has 3 rings (SSSR count). The molecular weight excluding hydrogens is 438 g/mol. The lowest BCUT2D eigenvalue weighted by molar-refractivity contribution is -0.119. The largest absolute Gasteiger partial charge is 0.497 e. The van der Waals surface area contributed by atoms with Crippen molar-refractivity contribution in [1.82, 2.24) is 0 Å². The quantitative estimate of drug-likeness (QED) is 0.344. The zero-order valence-electron chi connectivity index (χ0n) is 19.3. The summed E-state index contributed by atoms with van der Waals surface area (Å²) in [5.74, 6) is 0.347. The molecule has 176 valence electrons. The first-order valence-corrected chi connectivity index (χ1v) is 10.3. The van der Waals surface area contributed by atoms with E-state index in [2.05, 4.69) is 15.5 Å². The molecule has 0 spiro atoms. The van der Waals surface area contributed by atoms with Crippen molar-refractivity contribution in [1.29, 1.82) is 0 Å². The highest BCUT2D eigenvalue weighted by Crippen LogP contribution is 2.30. The van der Waals surface area contributed by atoms with Crippen LogP contribution in [0.4, 0.5) is 17.1 Å². The number of carbonyl (C=O) groups excluding carboxylic acids is 2. The highest BCUT2D eigenvalue weighted by molar-refractivity contribution is 5.96. The lowest BCUT2D eigenvalue weighted by Gasteiger charge is -2.10. The molecular formula is C25H25N3O6. The number of benzene rings is 3. The molecule has 0 aliphatic heterocycles. The highest BCUT2D eigenvalue weighted by atomic mass is 16.5. The summed E-state index contributed by atoms with van der Waals surface area (Å²) in [4.78, 5) is 24.6. The van der Waals surface area contributed by atoms with Crippen molar-refractivity contribution in [3.8, 4) is 17.2 Å². The fraction of sp³-hybridized carbons (Fsp3) is 0.200. The average molecular weight is 463 g/mol. The van der Waals surface area contributed by atoms with Gasteiger partial charge >= 0.3 is 5.97 Å². The summed E-state index contributed by atoms with van der Waals surface area (Å²) in [5.41, 5.74) is 2.80. The number of anilines is 1. The van der Waals surface area contributed by atoms with Crippen molar-refractivity contribution >= 4 is 28.9 Å². The van der Waals surface area contributed by atoms with Gasteiger partial charge in [0, 0.05) is 11.8 Å². The summed E-state index contributed by atoms with van der Waals surface area (Å²) in [6.45, 7) is 1.40. The van der Waals surface area contributed by atoms with Crippen LogP contribution in [0.2, 0.25) is 0 Å². The van der Waals surface area contributed by atoms with Crippen LogP contribution in [0.25, 0.3) is 0 Å². The van der Waals surface area contributed by atoms with Crippen LogP contribution in [0, 0.1) is 6.92 Å². The van der Waals surface area contributed by atoms with E-state index in [9.17, 15) is 9.59 Å². The Labute approximate surface area is 197 Å². The maximum absolute atomic E-state index is 12.3. The fourth-order valence-corrected chi connectivity index (χ4v) is 3.00. The van der Waals surface area contributed by atoms with E-state index < -0.39 is 18.5 Å². The molecule has 0 radical (unpaired) electrons. The first-order chi connectivity index (χ1) is 16.4. The van der Waals surface area contributed by atoms with Crippen LogP contribution in [0.3, 0.4) is 0 Å². The standard InChI is InChI=1S/C25H25N3O6/c1-16-11-18(9-10-21(16)27-28-22-7-5-6-8-23(22)33-4)26-24(29)15-34-25(30)17-12-19(31-2)14-20(13-17)32-3/h5-14H,15H2,1-4H3,(H,26,29). The molecule has 0 atom stereocenters. The third-order valence-electron chi connectivity index (χ3n) is 4.75. The fourth-order valence-electron chi connectivity index (χ4n) is 3.00. The zero-order chi connectivity index (χ0) is 24.5. The predicted molar refractivity (Wildman–Crippen MR) is 127 cm³/mol. The van der Waals surface area contributed by atoms with Crippen LogP contribution in [-0.2, 0) is 9.53 Å². The molecule has 0 aliphatic rings. The molecule has 0 saturated carbocycles. The number of methoxy groups -OCH3 is 3. The first kappa shape index (κ1) is 24.2. The Balaban J connectivity index is 1.60. The highest BCUT2D eigenvalue weighted by Gasteiger charge is 2.14. The van der Waals surface area contributed by atoms with Gasteiger partial charge in [0.2, 0.25) is 0 Å². The second-order valence-corrected chi connectivity index (χ2v) is 7.10. The second kappa shape index (κ2) is 11.5. The number of amides is 1. The number of esters is 1. The monoisotopic (exact) mass is 463 g/mol. The molecule has 0 bridgehead atoms. The second-order valence-electron chi connectivity index (χ2n) is 7.10. The Bertz CT molecular complexity index is 1190. The Hall–Kier alpha value is -4.40. The van der Waals surface area contributed by atoms with Gasteiger partial charge in [0.05, 0.1) is 32.6 Å². The molecule has 0 unspecified atom stereocenters. The van der Waals surface area contributed by atoms with Gasteiger partial charge in [-0.2, -0.15) is 5.11 Å². The third kappa shape index (κ3) is 6.32. The Kier molecular flexibility index (Phi) is 8.17. The van der Waals surface area contributed by atoms with Gasteiger partial charge in [-0.15, -0.1) is 5.11 Å². The molecule has 1 N–H and O–H groups in total. The molecule has 3 aromatic carbocycles. The molecule has 1 amide bonds. The molecule has 0 aromatic heterocycles. The molecule has 9 heteroatoms. The van der Waals surface area contributed by atoms with Crippen LogP contribution in [0.1, 0.15) is 15.9 Å². The van der Waals surface area contributed by atoms with E-state index in [-0.39, 0.29) is 5.56 Å². The van der Waals surface area contributed by atoms with Gasteiger partial charge in [0.15, 0.2) is 6.61 Å². The van der Waals surface area contributed by atoms with Crippen molar-refractivity contribution in [2.24, 2.45) is 10.2 Å². The Morgan fingerprint density at radius 2 is 1.50 bits per heavy atom. The number of nitrogens with one attached hydrogen (secondary N) is 1. The summed E-state index contributed by atoms with van der Waals surface area (Å²) in [5, 5.41) is 11.2. The molecule has 9 nitrogen and oxygen atoms in total. The molecule has 3 aromatic rings. The number of azo groups is 1. The third-order valence-corrected chi connectivity index (χ3v) is 4.75. The Morgan fingerprint density at radius 3 is 2.15 bits per heavy atom. The average Bonchev–Trinajstić information content (AvgIpc) is 2.86. The van der Waals surface area contributed by atoms with Gasteiger partial charge in [0.25, 0.3) is 5.91 Å². The van der Waals surface area contributed by atoms with Crippen LogP contribution in [-0.4, -0.2) is 39.8 Å². The van der Waals surface area contributed by atoms with Gasteiger partial charge in [-0.25, -0.2) is 4.79 Å². The van der Waals surface area contributed by atoms with Gasteiger partial charge in [-0.1, -0.05) is 12.1 Å². The van der Waals surface area contributed by atoms with Gasteiger partial charge < -0.3 is 24.3 Å². The van der Waals surface area contributed by atoms with Crippen LogP contribution in [0.5, 0.6) is 17.2 Å². The van der Waals surface area contributed by atoms with E-state index in [4.69, 9.17) is 18.9 Å². The maximum atomic E-state index is 12.3. The van der Waals surface area contributed by atoms with Crippen molar-refractivity contribution in [3.05, 3.63) is 71.8 Å². The van der Waals surface area contributed by atoms with Gasteiger partial charge in [-0.3, -0.25) is 4.79 Å². The maximum Gasteiger partial charge on any atom is 0.338 e. The number of rotatable bonds is 9. The number of ether oxygens (including phenoxy) is 4. The first-order valence-electron chi connectivity index (χ1n) is 10.3. The van der Waals surface area contributed by atoms with Crippen molar-refractivity contribution in [2.75, 3.05) is 33.3 Å². The summed E-state index contributed by atoms with van der Waals surface area (Å²) in [6, 6.07) is 17.1. The molecule has 0 fully saturated rings. The smallest absolute Gasteiger partial charge is 0.338 e. The number of aryl methyl sites for hydroxylation is 1. The zero-order valence-corrected chi connectivity index (χ0v) is 19.3. The topological polar surface area (TPSA) is 108 Å². The van der Waals surface area contributed by atoms with Crippen LogP contribution < -0.4 is 19.5 Å². The van der Waals surface area contributed by atoms with Crippen molar-refractivity contribution in [2.45, 2.75) is 6.92 Å². The van der Waals surface area contributed by atoms with Crippen molar-refractivity contribution < 1.29 is 28.5 Å². The summed E-state index contributed by atoms with van der Waals surface area (Å²) >= 11 is 0. The van der Waals surface area contributed by atoms with E-state index in [1.807, 2.05) is 19.1 Å². The number of nitrogens with zero attached hydrogens (tertiary/aromatic N) is 2. The van der Waals surface area contributed by atoms with E-state index in [0.29, 0.717) is 34.3 Å². The predicted octanol–water partition coefficient (Wildman–Crippen LogP) is 5.23. The SMILES string of the molecule is COc1cc(OC)cc(C(=O)OCC(=O)Nc2ccc(N=Nc3ccccc3OC)c(C)c2)c1. The van der Waals surface area contributed by atoms with Crippen LogP contribution in [0.15, 0.2) is 70.9 Å². The minimum absolute atomic E-state index is 0.213. The Morgan fingerprint density at radius 1 is 0.824 bits per heavy atom. The minimum Gasteiger partial charge on any atom is -0.497 e. The van der Waals surface area contributed by atoms with Gasteiger partial charge in [-0.05, 0) is 55.0 Å². The van der Waals surface area contributed by atoms with E-state index in [0.717, 1.165) is 5.56 Å². The number of hydrogen-bond donors (Lipinski definition) is 1. The normalized spacial score (nSPS) is 10.6. The van der Waals surface area contributed by atoms with Crippen LogP contribution >= 0.6 is 0 Å². The number of para-hydroxylation sites is 1. The summed E-state index contributed by atoms with van der Waals surface area (Å²) in [6.07, 6.45) is 0. The molecule has 0 aliphatic carbocycles. The van der Waals surface area contributed by atoms with E-state index >= 15 is 0 Å². The van der Waals surface area contributed by atoms with E-state index in [1.54, 1.807) is 43.5 Å². The molecule has 34 heavy (non-hydrogen) atoms. The van der Waals surface area contributed by atoms with E-state index in [1.165, 1.54) is 26.4 Å². The minimum atomic E-state index is -0.671. The summed E-state index contributed by atoms with van der Waals surface area (Å²) in [7, 11) is 4.52. The lowest BCUT2D eigenvalue weighted by atomic mass is 10.2. The summed E-state index contributed by atoms with van der Waals surface area (Å²) < 4.78 is 20.7. The molecule has 0 saturated heterocycles. The lowest BCUT2D eigenvalue weighted by Crippen LogP contribution is -2.21. The number of hydrogen-bond acceptors (Lipinski definition) is 8. The van der Waals surface area contributed by atoms with Gasteiger partial charge in [0.1, 0.15) is 22.9 Å². The molecule has 0 heterocycles. The van der Waals surface area contributed by atoms with Crippen molar-refractivity contribution in [3.63, 3.8) is 0 Å².